The van der Waals surface area contributed by atoms with Crippen LogP contribution in [0.25, 0.3) is 0 Å². The Hall–Kier alpha value is -1.57. The summed E-state index contributed by atoms with van der Waals surface area (Å²) < 4.78 is 11.1. The molecule has 2 N–H and O–H groups in total. The fraction of sp³-hybridized carbons (Fsp3) is 0.556. The van der Waals surface area contributed by atoms with E-state index in [9.17, 15) is 9.59 Å². The van der Waals surface area contributed by atoms with Gasteiger partial charge < -0.3 is 19.9 Å². The molecule has 0 aliphatic carbocycles. The first-order valence-electron chi connectivity index (χ1n) is 8.47. The number of anilines is 1. The number of ether oxygens (including phenoxy) is 2. The van der Waals surface area contributed by atoms with Crippen molar-refractivity contribution in [2.45, 2.75) is 44.1 Å². The monoisotopic (exact) mass is 367 g/mol. The molecule has 2 unspecified atom stereocenters. The minimum atomic E-state index is -0.787. The zero-order chi connectivity index (χ0) is 18.1. The third kappa shape index (κ3) is 7.46. The van der Waals surface area contributed by atoms with E-state index in [-0.39, 0.29) is 18.4 Å². The molecule has 1 heterocycles. The van der Waals surface area contributed by atoms with Crippen LogP contribution in [0.15, 0.2) is 24.3 Å². The molecule has 1 aromatic carbocycles. The van der Waals surface area contributed by atoms with Crippen molar-refractivity contribution in [3.63, 3.8) is 0 Å². The van der Waals surface area contributed by atoms with E-state index in [1.165, 1.54) is 0 Å². The zero-order valence-corrected chi connectivity index (χ0v) is 15.2. The maximum Gasteiger partial charge on any atom is 0.304 e. The van der Waals surface area contributed by atoms with Crippen LogP contribution in [0.2, 0.25) is 0 Å². The summed E-state index contributed by atoms with van der Waals surface area (Å²) in [7, 11) is 0. The first kappa shape index (κ1) is 19.8. The molecular weight excluding hydrogens is 342 g/mol. The Kier molecular flexibility index (Phi) is 8.24. The SMILES string of the molecule is CC(OCC1CCCO1)C(=O)Nc1cccc(CSCCC(=O)O)c1. The molecule has 1 aromatic rings. The summed E-state index contributed by atoms with van der Waals surface area (Å²) in [6.07, 6.45) is 1.74. The molecular formula is C18H25NO5S. The molecule has 1 fully saturated rings. The van der Waals surface area contributed by atoms with Crippen LogP contribution in [0.1, 0.15) is 31.7 Å². The van der Waals surface area contributed by atoms with Gasteiger partial charge in [-0.25, -0.2) is 0 Å². The van der Waals surface area contributed by atoms with Crippen molar-refractivity contribution in [1.29, 1.82) is 0 Å². The molecule has 0 spiro atoms. The minimum Gasteiger partial charge on any atom is -0.481 e. The average molecular weight is 367 g/mol. The van der Waals surface area contributed by atoms with Crippen molar-refractivity contribution in [3.05, 3.63) is 29.8 Å². The maximum atomic E-state index is 12.2. The maximum absolute atomic E-state index is 12.2. The van der Waals surface area contributed by atoms with Crippen LogP contribution in [-0.4, -0.2) is 48.2 Å². The predicted octanol–water partition coefficient (Wildman–Crippen LogP) is 2.92. The molecule has 2 atom stereocenters. The summed E-state index contributed by atoms with van der Waals surface area (Å²) >= 11 is 1.56. The highest BCUT2D eigenvalue weighted by Gasteiger charge is 2.20. The van der Waals surface area contributed by atoms with Crippen LogP contribution in [0.3, 0.4) is 0 Å². The van der Waals surface area contributed by atoms with Crippen molar-refractivity contribution in [3.8, 4) is 0 Å². The molecule has 0 bridgehead atoms. The average Bonchev–Trinajstić information content (AvgIpc) is 3.10. The Bertz CT molecular complexity index is 574. The number of aliphatic carboxylic acids is 1. The van der Waals surface area contributed by atoms with Crippen molar-refractivity contribution in [2.75, 3.05) is 24.3 Å². The normalized spacial score (nSPS) is 18.0. The summed E-state index contributed by atoms with van der Waals surface area (Å²) in [4.78, 5) is 22.7. The Balaban J connectivity index is 1.75. The van der Waals surface area contributed by atoms with E-state index in [0.29, 0.717) is 23.8 Å². The first-order valence-corrected chi connectivity index (χ1v) is 9.62. The number of hydrogen-bond acceptors (Lipinski definition) is 5. The van der Waals surface area contributed by atoms with Crippen molar-refractivity contribution in [2.24, 2.45) is 0 Å². The van der Waals surface area contributed by atoms with Gasteiger partial charge in [0.25, 0.3) is 5.91 Å². The Labute approximate surface area is 152 Å². The molecule has 0 saturated carbocycles. The topological polar surface area (TPSA) is 84.9 Å². The van der Waals surface area contributed by atoms with Crippen LogP contribution >= 0.6 is 11.8 Å². The molecule has 138 valence electrons. The first-order chi connectivity index (χ1) is 12.0. The molecule has 2 rings (SSSR count). The van der Waals surface area contributed by atoms with E-state index in [0.717, 1.165) is 25.0 Å². The Morgan fingerprint density at radius 3 is 3.04 bits per heavy atom. The lowest BCUT2D eigenvalue weighted by Gasteiger charge is -2.16. The van der Waals surface area contributed by atoms with Crippen molar-refractivity contribution in [1.82, 2.24) is 0 Å². The highest BCUT2D eigenvalue weighted by molar-refractivity contribution is 7.98. The number of amides is 1. The number of nitrogens with one attached hydrogen (secondary N) is 1. The lowest BCUT2D eigenvalue weighted by Crippen LogP contribution is -2.30. The van der Waals surface area contributed by atoms with Gasteiger partial charge in [-0.15, -0.1) is 0 Å². The van der Waals surface area contributed by atoms with Gasteiger partial charge in [0, 0.05) is 23.8 Å². The second kappa shape index (κ2) is 10.4. The lowest BCUT2D eigenvalue weighted by molar-refractivity contribution is -0.136. The van der Waals surface area contributed by atoms with E-state index in [1.807, 2.05) is 24.3 Å². The number of benzene rings is 1. The fourth-order valence-corrected chi connectivity index (χ4v) is 3.31. The van der Waals surface area contributed by atoms with Gasteiger partial charge in [0.05, 0.1) is 19.1 Å². The van der Waals surface area contributed by atoms with Gasteiger partial charge in [0.15, 0.2) is 0 Å². The van der Waals surface area contributed by atoms with E-state index < -0.39 is 12.1 Å². The van der Waals surface area contributed by atoms with Crippen LogP contribution in [-0.2, 0) is 24.8 Å². The second-order valence-electron chi connectivity index (χ2n) is 6.00. The number of carbonyl (C=O) groups is 2. The summed E-state index contributed by atoms with van der Waals surface area (Å²) in [6, 6.07) is 7.57. The summed E-state index contributed by atoms with van der Waals surface area (Å²) in [5, 5.41) is 11.5. The molecule has 25 heavy (non-hydrogen) atoms. The van der Waals surface area contributed by atoms with Crippen LogP contribution in [0.5, 0.6) is 0 Å². The van der Waals surface area contributed by atoms with Crippen molar-refractivity contribution >= 4 is 29.3 Å². The quantitative estimate of drug-likeness (QED) is 0.619. The van der Waals surface area contributed by atoms with Gasteiger partial charge in [-0.3, -0.25) is 9.59 Å². The molecule has 1 saturated heterocycles. The summed E-state index contributed by atoms with van der Waals surface area (Å²) in [6.45, 7) is 2.94. The summed E-state index contributed by atoms with van der Waals surface area (Å²) in [5.41, 5.74) is 1.76. The van der Waals surface area contributed by atoms with Gasteiger partial charge in [-0.05, 0) is 37.5 Å². The molecule has 0 aromatic heterocycles. The van der Waals surface area contributed by atoms with Gasteiger partial charge in [0.1, 0.15) is 6.10 Å². The number of carboxylic acids is 1. The number of carboxylic acid groups (broad SMARTS) is 1. The van der Waals surface area contributed by atoms with E-state index >= 15 is 0 Å². The number of thioether (sulfide) groups is 1. The van der Waals surface area contributed by atoms with E-state index in [2.05, 4.69) is 5.32 Å². The van der Waals surface area contributed by atoms with Gasteiger partial charge in [-0.2, -0.15) is 11.8 Å². The van der Waals surface area contributed by atoms with Crippen LogP contribution in [0, 0.1) is 0 Å². The predicted molar refractivity (Wildman–Crippen MR) is 97.9 cm³/mol. The van der Waals surface area contributed by atoms with Crippen molar-refractivity contribution < 1.29 is 24.2 Å². The molecule has 7 heteroatoms. The van der Waals surface area contributed by atoms with Gasteiger partial charge in [-0.1, -0.05) is 12.1 Å². The molecule has 1 aliphatic rings. The minimum absolute atomic E-state index is 0.0985. The fourth-order valence-electron chi connectivity index (χ4n) is 2.44. The highest BCUT2D eigenvalue weighted by atomic mass is 32.2. The largest absolute Gasteiger partial charge is 0.481 e. The molecule has 1 aliphatic heterocycles. The van der Waals surface area contributed by atoms with Crippen LogP contribution in [0.4, 0.5) is 5.69 Å². The number of carbonyl (C=O) groups excluding carboxylic acids is 1. The molecule has 6 nitrogen and oxygen atoms in total. The zero-order valence-electron chi connectivity index (χ0n) is 14.4. The third-order valence-corrected chi connectivity index (χ3v) is 4.88. The summed E-state index contributed by atoms with van der Waals surface area (Å²) in [5.74, 6) is 0.307. The number of rotatable bonds is 10. The second-order valence-corrected chi connectivity index (χ2v) is 7.10. The van der Waals surface area contributed by atoms with Gasteiger partial charge in [0.2, 0.25) is 0 Å². The highest BCUT2D eigenvalue weighted by Crippen LogP contribution is 2.18. The standard InChI is InChI=1S/C18H25NO5S/c1-13(24-11-16-6-3-8-23-16)18(22)19-15-5-2-4-14(10-15)12-25-9-7-17(20)21/h2,4-5,10,13,16H,3,6-9,11-12H2,1H3,(H,19,22)(H,20,21). The third-order valence-electron chi connectivity index (χ3n) is 3.85. The van der Waals surface area contributed by atoms with Gasteiger partial charge >= 0.3 is 5.97 Å². The molecule has 1 amide bonds. The van der Waals surface area contributed by atoms with Crippen LogP contribution < -0.4 is 5.32 Å². The molecule has 0 radical (unpaired) electrons. The van der Waals surface area contributed by atoms with E-state index in [4.69, 9.17) is 14.6 Å². The number of hydrogen-bond donors (Lipinski definition) is 2. The smallest absolute Gasteiger partial charge is 0.304 e. The Morgan fingerprint density at radius 1 is 1.48 bits per heavy atom. The Morgan fingerprint density at radius 2 is 2.32 bits per heavy atom. The van der Waals surface area contributed by atoms with E-state index in [1.54, 1.807) is 18.7 Å². The lowest BCUT2D eigenvalue weighted by atomic mass is 10.2.